The summed E-state index contributed by atoms with van der Waals surface area (Å²) in [6.07, 6.45) is 0.532. The minimum atomic E-state index is -0.687. The topological polar surface area (TPSA) is 26.3 Å². The molecule has 0 radical (unpaired) electrons. The number of carbonyl (C=O) groups is 1. The van der Waals surface area contributed by atoms with E-state index < -0.39 is 5.82 Å². The van der Waals surface area contributed by atoms with Gasteiger partial charge in [0.25, 0.3) is 0 Å². The Morgan fingerprint density at radius 2 is 2.31 bits per heavy atom. The maximum atomic E-state index is 13.2. The average Bonchev–Trinajstić information content (AvgIpc) is 2.14. The van der Waals surface area contributed by atoms with Crippen molar-refractivity contribution in [1.29, 1.82) is 0 Å². The van der Waals surface area contributed by atoms with Crippen molar-refractivity contribution in [2.75, 3.05) is 6.61 Å². The molecule has 0 fully saturated rings. The molecule has 0 N–H and O–H groups in total. The van der Waals surface area contributed by atoms with Gasteiger partial charge in [-0.1, -0.05) is 11.6 Å². The van der Waals surface area contributed by atoms with Gasteiger partial charge in [-0.2, -0.15) is 0 Å². The molecule has 4 heteroatoms. The first-order chi connectivity index (χ1) is 6.20. The quantitative estimate of drug-likeness (QED) is 0.705. The van der Waals surface area contributed by atoms with Crippen LogP contribution in [-0.2, 0) is 0 Å². The summed E-state index contributed by atoms with van der Waals surface area (Å²) in [5, 5.41) is -0.0472. The highest BCUT2D eigenvalue weighted by atomic mass is 35.5. The number of halogens is 2. The van der Waals surface area contributed by atoms with E-state index in [9.17, 15) is 9.18 Å². The summed E-state index contributed by atoms with van der Waals surface area (Å²) in [6, 6.07) is 2.74. The van der Waals surface area contributed by atoms with E-state index in [-0.39, 0.29) is 22.9 Å². The van der Waals surface area contributed by atoms with Crippen LogP contribution in [0.5, 0.6) is 5.75 Å². The summed E-state index contributed by atoms with van der Waals surface area (Å²) in [5.74, 6) is -0.766. The van der Waals surface area contributed by atoms with Crippen LogP contribution in [0.1, 0.15) is 17.3 Å². The highest BCUT2D eigenvalue weighted by Gasteiger charge is 2.12. The molecule has 0 saturated carbocycles. The van der Waals surface area contributed by atoms with Crippen LogP contribution in [0.25, 0.3) is 0 Å². The lowest BCUT2D eigenvalue weighted by Gasteiger charge is -2.07. The Labute approximate surface area is 80.3 Å². The zero-order valence-corrected chi connectivity index (χ0v) is 7.77. The van der Waals surface area contributed by atoms with E-state index in [4.69, 9.17) is 16.3 Å². The van der Waals surface area contributed by atoms with E-state index in [1.807, 2.05) is 0 Å². The Morgan fingerprint density at radius 1 is 1.62 bits per heavy atom. The van der Waals surface area contributed by atoms with Crippen LogP contribution in [0.3, 0.4) is 0 Å². The van der Waals surface area contributed by atoms with E-state index in [0.29, 0.717) is 6.29 Å². The van der Waals surface area contributed by atoms with Gasteiger partial charge < -0.3 is 4.74 Å². The monoisotopic (exact) mass is 202 g/mol. The van der Waals surface area contributed by atoms with Crippen molar-refractivity contribution >= 4 is 17.9 Å². The molecule has 0 bridgehead atoms. The lowest BCUT2D eigenvalue weighted by molar-refractivity contribution is 0.111. The molecule has 1 aromatic rings. The molecular formula is C9H8ClFO2. The van der Waals surface area contributed by atoms with Crippen LogP contribution in [0.15, 0.2) is 12.1 Å². The molecule has 0 aliphatic heterocycles. The smallest absolute Gasteiger partial charge is 0.184 e. The summed E-state index contributed by atoms with van der Waals surface area (Å²) in [5.41, 5.74) is 0.170. The average molecular weight is 203 g/mol. The Bertz CT molecular complexity index is 326. The van der Waals surface area contributed by atoms with Gasteiger partial charge >= 0.3 is 0 Å². The Balaban J connectivity index is 3.23. The van der Waals surface area contributed by atoms with Crippen molar-refractivity contribution in [3.05, 3.63) is 28.5 Å². The van der Waals surface area contributed by atoms with E-state index in [0.717, 1.165) is 0 Å². The first-order valence-electron chi connectivity index (χ1n) is 3.76. The number of rotatable bonds is 3. The van der Waals surface area contributed by atoms with Gasteiger partial charge in [-0.25, -0.2) is 4.39 Å². The summed E-state index contributed by atoms with van der Waals surface area (Å²) >= 11 is 5.51. The number of aldehydes is 1. The number of hydrogen-bond acceptors (Lipinski definition) is 2. The number of carbonyl (C=O) groups excluding carboxylic acids is 1. The predicted molar refractivity (Wildman–Crippen MR) is 48.0 cm³/mol. The number of ether oxygens (including phenoxy) is 1. The van der Waals surface area contributed by atoms with Crippen LogP contribution in [0.2, 0.25) is 5.02 Å². The molecule has 0 saturated heterocycles. The summed E-state index contributed by atoms with van der Waals surface area (Å²) in [4.78, 5) is 10.5. The third kappa shape index (κ3) is 1.98. The molecule has 0 amide bonds. The summed E-state index contributed by atoms with van der Waals surface area (Å²) in [6.45, 7) is 1.99. The third-order valence-electron chi connectivity index (χ3n) is 1.50. The van der Waals surface area contributed by atoms with E-state index in [2.05, 4.69) is 0 Å². The fourth-order valence-corrected chi connectivity index (χ4v) is 1.08. The van der Waals surface area contributed by atoms with Crippen LogP contribution in [-0.4, -0.2) is 12.9 Å². The van der Waals surface area contributed by atoms with Gasteiger partial charge in [0, 0.05) is 0 Å². The number of hydrogen-bond donors (Lipinski definition) is 0. The van der Waals surface area contributed by atoms with E-state index in [1.165, 1.54) is 12.1 Å². The van der Waals surface area contributed by atoms with Gasteiger partial charge in [-0.15, -0.1) is 0 Å². The van der Waals surface area contributed by atoms with Crippen molar-refractivity contribution in [3.63, 3.8) is 0 Å². The van der Waals surface area contributed by atoms with Gasteiger partial charge in [-0.05, 0) is 19.1 Å². The van der Waals surface area contributed by atoms with Gasteiger partial charge in [-0.3, -0.25) is 4.79 Å². The summed E-state index contributed by atoms with van der Waals surface area (Å²) in [7, 11) is 0. The van der Waals surface area contributed by atoms with Crippen LogP contribution >= 0.6 is 11.6 Å². The van der Waals surface area contributed by atoms with Gasteiger partial charge in [0.15, 0.2) is 17.9 Å². The van der Waals surface area contributed by atoms with E-state index >= 15 is 0 Å². The van der Waals surface area contributed by atoms with Crippen molar-refractivity contribution in [2.24, 2.45) is 0 Å². The highest BCUT2D eigenvalue weighted by molar-refractivity contribution is 6.31. The fourth-order valence-electron chi connectivity index (χ4n) is 0.931. The fraction of sp³-hybridized carbons (Fsp3) is 0.222. The zero-order chi connectivity index (χ0) is 9.84. The molecule has 0 unspecified atom stereocenters. The minimum Gasteiger partial charge on any atom is -0.490 e. The maximum Gasteiger partial charge on any atom is 0.184 e. The van der Waals surface area contributed by atoms with E-state index in [1.54, 1.807) is 6.92 Å². The van der Waals surface area contributed by atoms with Gasteiger partial charge in [0.2, 0.25) is 0 Å². The predicted octanol–water partition coefficient (Wildman–Crippen LogP) is 2.69. The molecule has 0 aliphatic rings. The van der Waals surface area contributed by atoms with Crippen LogP contribution in [0, 0.1) is 5.82 Å². The highest BCUT2D eigenvalue weighted by Crippen LogP contribution is 2.27. The largest absolute Gasteiger partial charge is 0.490 e. The normalized spacial score (nSPS) is 9.77. The molecular weight excluding hydrogens is 195 g/mol. The molecule has 70 valence electrons. The SMILES string of the molecule is CCOc1c(C=O)ccc(Cl)c1F. The van der Waals surface area contributed by atoms with Crippen LogP contribution in [0.4, 0.5) is 4.39 Å². The first-order valence-corrected chi connectivity index (χ1v) is 4.14. The third-order valence-corrected chi connectivity index (χ3v) is 1.79. The molecule has 13 heavy (non-hydrogen) atoms. The Hall–Kier alpha value is -1.09. The first kappa shape index (κ1) is 9.99. The minimum absolute atomic E-state index is 0.0472. The van der Waals surface area contributed by atoms with Gasteiger partial charge in [0.05, 0.1) is 17.2 Å². The van der Waals surface area contributed by atoms with Gasteiger partial charge in [0.1, 0.15) is 0 Å². The Kier molecular flexibility index (Phi) is 3.25. The second-order valence-electron chi connectivity index (χ2n) is 2.33. The van der Waals surface area contributed by atoms with Crippen molar-refractivity contribution in [2.45, 2.75) is 6.92 Å². The molecule has 0 aromatic heterocycles. The van der Waals surface area contributed by atoms with Crippen molar-refractivity contribution < 1.29 is 13.9 Å². The summed E-state index contributed by atoms with van der Waals surface area (Å²) < 4.78 is 18.2. The molecule has 1 aromatic carbocycles. The second kappa shape index (κ2) is 4.23. The molecule has 2 nitrogen and oxygen atoms in total. The molecule has 0 atom stereocenters. The lowest BCUT2D eigenvalue weighted by atomic mass is 10.2. The molecule has 1 rings (SSSR count). The van der Waals surface area contributed by atoms with Crippen LogP contribution < -0.4 is 4.74 Å². The Morgan fingerprint density at radius 3 is 2.85 bits per heavy atom. The molecule has 0 aliphatic carbocycles. The molecule has 0 spiro atoms. The zero-order valence-electron chi connectivity index (χ0n) is 7.01. The van der Waals surface area contributed by atoms with Crippen molar-refractivity contribution in [1.82, 2.24) is 0 Å². The lowest BCUT2D eigenvalue weighted by Crippen LogP contribution is -1.99. The molecule has 0 heterocycles. The maximum absolute atomic E-state index is 13.2. The second-order valence-corrected chi connectivity index (χ2v) is 2.74. The number of benzene rings is 1. The standard InChI is InChI=1S/C9H8ClFO2/c1-2-13-9-6(5-12)3-4-7(10)8(9)11/h3-5H,2H2,1H3. The van der Waals surface area contributed by atoms with Crippen molar-refractivity contribution in [3.8, 4) is 5.75 Å².